The monoisotopic (exact) mass is 280 g/mol. The Labute approximate surface area is 122 Å². The van der Waals surface area contributed by atoms with Crippen molar-refractivity contribution < 1.29 is 0 Å². The van der Waals surface area contributed by atoms with Gasteiger partial charge < -0.3 is 10.2 Å². The molecular weight excluding hydrogens is 252 g/mol. The van der Waals surface area contributed by atoms with Gasteiger partial charge in [-0.05, 0) is 44.0 Å². The highest BCUT2D eigenvalue weighted by molar-refractivity contribution is 7.12. The fourth-order valence-electron chi connectivity index (χ4n) is 2.64. The van der Waals surface area contributed by atoms with Gasteiger partial charge in [0.25, 0.3) is 0 Å². The molecule has 108 valence electrons. The minimum Gasteiger partial charge on any atom is -0.310 e. The van der Waals surface area contributed by atoms with Crippen LogP contribution in [0.3, 0.4) is 0 Å². The van der Waals surface area contributed by atoms with Crippen LogP contribution >= 0.6 is 11.3 Å². The van der Waals surface area contributed by atoms with Crippen molar-refractivity contribution in [3.63, 3.8) is 0 Å². The van der Waals surface area contributed by atoms with E-state index in [9.17, 15) is 0 Å². The lowest BCUT2D eigenvalue weighted by Crippen LogP contribution is -2.42. The highest BCUT2D eigenvalue weighted by atomic mass is 32.1. The van der Waals surface area contributed by atoms with E-state index < -0.39 is 0 Å². The zero-order valence-electron chi connectivity index (χ0n) is 12.8. The zero-order chi connectivity index (χ0) is 13.9. The lowest BCUT2D eigenvalue weighted by atomic mass is 9.95. The summed E-state index contributed by atoms with van der Waals surface area (Å²) < 4.78 is 0. The van der Waals surface area contributed by atoms with E-state index in [0.29, 0.717) is 0 Å². The van der Waals surface area contributed by atoms with Crippen molar-refractivity contribution >= 4 is 11.3 Å². The topological polar surface area (TPSA) is 15.3 Å². The number of nitrogens with zero attached hydrogens (tertiary/aromatic N) is 1. The fourth-order valence-corrected chi connectivity index (χ4v) is 3.68. The molecule has 1 aromatic heterocycles. The van der Waals surface area contributed by atoms with Crippen molar-refractivity contribution in [2.75, 3.05) is 20.1 Å². The van der Waals surface area contributed by atoms with Gasteiger partial charge in [-0.1, -0.05) is 27.2 Å². The highest BCUT2D eigenvalue weighted by Crippen LogP contribution is 2.29. The molecule has 2 rings (SSSR count). The molecule has 1 aliphatic rings. The molecule has 0 aliphatic carbocycles. The molecule has 1 fully saturated rings. The number of thiophene rings is 1. The summed E-state index contributed by atoms with van der Waals surface area (Å²) in [6.45, 7) is 10.3. The Morgan fingerprint density at radius 3 is 2.74 bits per heavy atom. The first kappa shape index (κ1) is 15.0. The van der Waals surface area contributed by atoms with Gasteiger partial charge in [0.05, 0.1) is 0 Å². The van der Waals surface area contributed by atoms with Crippen LogP contribution in [-0.2, 0) is 12.0 Å². The number of likely N-dealkylation sites (N-methyl/N-ethyl adjacent to an activating group) is 1. The molecule has 1 aromatic rings. The third kappa shape index (κ3) is 4.30. The first-order valence-corrected chi connectivity index (χ1v) is 8.28. The van der Waals surface area contributed by atoms with Crippen LogP contribution in [0.2, 0.25) is 0 Å². The first-order valence-electron chi connectivity index (χ1n) is 7.47. The Kier molecular flexibility index (Phi) is 5.04. The molecule has 1 atom stereocenters. The summed E-state index contributed by atoms with van der Waals surface area (Å²) >= 11 is 1.95. The lowest BCUT2D eigenvalue weighted by molar-refractivity contribution is 0.181. The summed E-state index contributed by atoms with van der Waals surface area (Å²) in [6.07, 6.45) is 4.11. The maximum atomic E-state index is 3.64. The van der Waals surface area contributed by atoms with Gasteiger partial charge in [0.2, 0.25) is 0 Å². The van der Waals surface area contributed by atoms with Crippen molar-refractivity contribution in [1.82, 2.24) is 10.2 Å². The second kappa shape index (κ2) is 6.38. The first-order chi connectivity index (χ1) is 8.97. The molecule has 0 saturated carbocycles. The Balaban J connectivity index is 1.78. The molecule has 19 heavy (non-hydrogen) atoms. The lowest BCUT2D eigenvalue weighted by Gasteiger charge is -2.32. The predicted octanol–water partition coefficient (Wildman–Crippen LogP) is 3.62. The smallest absolute Gasteiger partial charge is 0.0300 e. The molecule has 1 unspecified atom stereocenters. The number of hydrogen-bond acceptors (Lipinski definition) is 3. The molecule has 3 heteroatoms. The Bertz CT molecular complexity index is 392. The van der Waals surface area contributed by atoms with Crippen molar-refractivity contribution in [2.45, 2.75) is 58.0 Å². The number of nitrogens with one attached hydrogen (secondary N) is 1. The maximum Gasteiger partial charge on any atom is 0.0300 e. The Morgan fingerprint density at radius 1 is 1.32 bits per heavy atom. The summed E-state index contributed by atoms with van der Waals surface area (Å²) in [5, 5.41) is 3.64. The molecule has 0 amide bonds. The van der Waals surface area contributed by atoms with E-state index in [1.54, 1.807) is 0 Å². The van der Waals surface area contributed by atoms with E-state index >= 15 is 0 Å². The molecular formula is C16H28N2S. The van der Waals surface area contributed by atoms with Gasteiger partial charge in [-0.15, -0.1) is 11.3 Å². The van der Waals surface area contributed by atoms with Gasteiger partial charge >= 0.3 is 0 Å². The summed E-state index contributed by atoms with van der Waals surface area (Å²) in [5.41, 5.74) is 0.284. The van der Waals surface area contributed by atoms with Crippen LogP contribution in [0.1, 0.15) is 49.8 Å². The maximum absolute atomic E-state index is 3.64. The Morgan fingerprint density at radius 2 is 2.11 bits per heavy atom. The van der Waals surface area contributed by atoms with Gasteiger partial charge in [-0.3, -0.25) is 0 Å². The van der Waals surface area contributed by atoms with E-state index in [0.717, 1.165) is 19.1 Å². The molecule has 0 bridgehead atoms. The summed E-state index contributed by atoms with van der Waals surface area (Å²) in [4.78, 5) is 5.45. The molecule has 0 aromatic carbocycles. The largest absolute Gasteiger partial charge is 0.310 e. The van der Waals surface area contributed by atoms with E-state index in [1.807, 2.05) is 11.3 Å². The van der Waals surface area contributed by atoms with Crippen molar-refractivity contribution in [3.8, 4) is 0 Å². The fraction of sp³-hybridized carbons (Fsp3) is 0.750. The number of rotatable bonds is 4. The van der Waals surface area contributed by atoms with Gasteiger partial charge in [-0.25, -0.2) is 0 Å². The molecule has 1 saturated heterocycles. The van der Waals surface area contributed by atoms with Crippen LogP contribution in [0.15, 0.2) is 12.1 Å². The quantitative estimate of drug-likeness (QED) is 0.906. The van der Waals surface area contributed by atoms with Crippen molar-refractivity contribution in [2.24, 2.45) is 0 Å². The van der Waals surface area contributed by atoms with Crippen molar-refractivity contribution in [1.29, 1.82) is 0 Å². The van der Waals surface area contributed by atoms with Gasteiger partial charge in [0, 0.05) is 28.9 Å². The number of piperidine rings is 1. The predicted molar refractivity (Wildman–Crippen MR) is 85.0 cm³/mol. The normalized spacial score (nSPS) is 21.8. The summed E-state index contributed by atoms with van der Waals surface area (Å²) in [7, 11) is 2.26. The third-order valence-electron chi connectivity index (χ3n) is 4.00. The average Bonchev–Trinajstić information content (AvgIpc) is 2.80. The van der Waals surface area contributed by atoms with Crippen molar-refractivity contribution in [3.05, 3.63) is 21.9 Å². The van der Waals surface area contributed by atoms with Crippen LogP contribution in [-0.4, -0.2) is 31.1 Å². The minimum atomic E-state index is 0.284. The molecule has 0 radical (unpaired) electrons. The van der Waals surface area contributed by atoms with Gasteiger partial charge in [0.15, 0.2) is 0 Å². The number of likely N-dealkylation sites (tertiary alicyclic amines) is 1. The molecule has 1 aliphatic heterocycles. The average molecular weight is 280 g/mol. The van der Waals surface area contributed by atoms with Crippen LogP contribution in [0.4, 0.5) is 0 Å². The SMILES string of the molecule is CN1CCCCC1CNCc1ccc(C(C)(C)C)s1. The summed E-state index contributed by atoms with van der Waals surface area (Å²) in [6, 6.07) is 5.30. The van der Waals surface area contributed by atoms with Crippen LogP contribution in [0.25, 0.3) is 0 Å². The van der Waals surface area contributed by atoms with Gasteiger partial charge in [0.1, 0.15) is 0 Å². The zero-order valence-corrected chi connectivity index (χ0v) is 13.6. The van der Waals surface area contributed by atoms with Crippen LogP contribution in [0.5, 0.6) is 0 Å². The second-order valence-electron chi connectivity index (χ2n) is 6.78. The van der Waals surface area contributed by atoms with E-state index in [2.05, 4.69) is 50.2 Å². The molecule has 1 N–H and O–H groups in total. The third-order valence-corrected chi connectivity index (χ3v) is 5.51. The summed E-state index contributed by atoms with van der Waals surface area (Å²) in [5.74, 6) is 0. The highest BCUT2D eigenvalue weighted by Gasteiger charge is 2.19. The van der Waals surface area contributed by atoms with Crippen LogP contribution < -0.4 is 5.32 Å². The van der Waals surface area contributed by atoms with Gasteiger partial charge in [-0.2, -0.15) is 0 Å². The number of hydrogen-bond donors (Lipinski definition) is 1. The standard InChI is InChI=1S/C16H28N2S/c1-16(2,3)15-9-8-14(19-15)12-17-11-13-7-5-6-10-18(13)4/h8-9,13,17H,5-7,10-12H2,1-4H3. The van der Waals surface area contributed by atoms with E-state index in [4.69, 9.17) is 0 Å². The molecule has 2 heterocycles. The van der Waals surface area contributed by atoms with E-state index in [-0.39, 0.29) is 5.41 Å². The molecule has 0 spiro atoms. The van der Waals surface area contributed by atoms with E-state index in [1.165, 1.54) is 35.6 Å². The Hall–Kier alpha value is -0.380. The molecule has 2 nitrogen and oxygen atoms in total. The minimum absolute atomic E-state index is 0.284. The van der Waals surface area contributed by atoms with Crippen LogP contribution in [0, 0.1) is 0 Å². The second-order valence-corrected chi connectivity index (χ2v) is 7.95.